The molecule has 0 unspecified atom stereocenters. The number of nitrogen functional groups attached to an aromatic ring is 1. The molecule has 13 heteroatoms. The van der Waals surface area contributed by atoms with E-state index < -0.39 is 47.0 Å². The molecule has 1 aliphatic heterocycles. The highest BCUT2D eigenvalue weighted by Gasteiger charge is 2.46. The normalized spacial score (nSPS) is 26.5. The van der Waals surface area contributed by atoms with Gasteiger partial charge in [-0.15, -0.1) is 0 Å². The summed E-state index contributed by atoms with van der Waals surface area (Å²) in [5, 5.41) is 20.7. The summed E-state index contributed by atoms with van der Waals surface area (Å²) in [6.07, 6.45) is -4.74. The van der Waals surface area contributed by atoms with E-state index in [1.807, 2.05) is 6.92 Å². The summed E-state index contributed by atoms with van der Waals surface area (Å²) in [6.45, 7) is 3.32. The minimum Gasteiger partial charge on any atom is -0.462 e. The van der Waals surface area contributed by atoms with Crippen molar-refractivity contribution in [2.75, 3.05) is 12.3 Å². The number of rotatable bonds is 6. The second-order valence-corrected chi connectivity index (χ2v) is 7.89. The van der Waals surface area contributed by atoms with Crippen LogP contribution in [0.4, 0.5) is 5.95 Å². The summed E-state index contributed by atoms with van der Waals surface area (Å²) in [6, 6.07) is -0.832. The summed E-state index contributed by atoms with van der Waals surface area (Å²) in [4.78, 5) is 42.0. The summed E-state index contributed by atoms with van der Waals surface area (Å²) < 4.78 is 11.6. The molecule has 0 spiro atoms. The number of anilines is 1. The van der Waals surface area contributed by atoms with Gasteiger partial charge in [-0.05, 0) is 5.92 Å². The largest absolute Gasteiger partial charge is 0.462 e. The van der Waals surface area contributed by atoms with Crippen LogP contribution in [0.15, 0.2) is 9.59 Å². The van der Waals surface area contributed by atoms with Gasteiger partial charge in [0.2, 0.25) is 5.95 Å². The second-order valence-electron chi connectivity index (χ2n) is 6.93. The van der Waals surface area contributed by atoms with E-state index >= 15 is 0 Å². The molecule has 160 valence electrons. The van der Waals surface area contributed by atoms with Crippen LogP contribution in [0.3, 0.4) is 0 Å². The van der Waals surface area contributed by atoms with Gasteiger partial charge in [0.15, 0.2) is 11.9 Å². The van der Waals surface area contributed by atoms with E-state index in [4.69, 9.17) is 20.9 Å². The number of nitrogens with zero attached hydrogens (tertiary/aromatic N) is 2. The summed E-state index contributed by atoms with van der Waals surface area (Å²) in [5.74, 6) is -0.973. The number of carbonyl (C=O) groups excluding carboxylic acids is 1. The standard InChI is InChI=1S/C16H23N5O7S/c1-3-5(2)7(17)14(25)27-4-6-8(22)9(23)13(28-6)21-11-10(29-16(21)26)12(24)20-15(18)19-11/h5-9,13,22-23H,3-4,17H2,1-2H3,(H3,18,19,20,24)/t5-,6+,7-,8+,9+,13+/m0/s1. The van der Waals surface area contributed by atoms with Gasteiger partial charge >= 0.3 is 10.8 Å². The Morgan fingerprint density at radius 3 is 2.76 bits per heavy atom. The van der Waals surface area contributed by atoms with Crippen LogP contribution < -0.4 is 21.9 Å². The zero-order valence-corrected chi connectivity index (χ0v) is 16.6. The highest BCUT2D eigenvalue weighted by atomic mass is 32.1. The Bertz CT molecular complexity index is 1020. The molecule has 1 aliphatic rings. The van der Waals surface area contributed by atoms with Gasteiger partial charge in [0, 0.05) is 0 Å². The maximum atomic E-state index is 12.4. The zero-order valence-electron chi connectivity index (χ0n) is 15.8. The molecule has 1 saturated heterocycles. The van der Waals surface area contributed by atoms with E-state index in [2.05, 4.69) is 9.97 Å². The maximum absolute atomic E-state index is 12.4. The Labute approximate surface area is 168 Å². The van der Waals surface area contributed by atoms with Crippen LogP contribution in [-0.4, -0.2) is 61.7 Å². The number of hydrogen-bond donors (Lipinski definition) is 5. The molecule has 7 N–H and O–H groups in total. The van der Waals surface area contributed by atoms with Crippen molar-refractivity contribution in [3.05, 3.63) is 20.0 Å². The van der Waals surface area contributed by atoms with Crippen molar-refractivity contribution in [1.82, 2.24) is 14.5 Å². The van der Waals surface area contributed by atoms with Gasteiger partial charge < -0.3 is 31.2 Å². The van der Waals surface area contributed by atoms with Crippen LogP contribution in [-0.2, 0) is 14.3 Å². The third kappa shape index (κ3) is 3.91. The van der Waals surface area contributed by atoms with E-state index in [0.717, 1.165) is 4.57 Å². The number of aliphatic hydroxyl groups excluding tert-OH is 2. The molecular formula is C16H23N5O7S. The smallest absolute Gasteiger partial charge is 0.323 e. The molecule has 6 atom stereocenters. The zero-order chi connectivity index (χ0) is 21.5. The lowest BCUT2D eigenvalue weighted by molar-refractivity contribution is -0.152. The summed E-state index contributed by atoms with van der Waals surface area (Å²) in [7, 11) is 0. The third-order valence-corrected chi connectivity index (χ3v) is 5.95. The number of nitrogens with two attached hydrogens (primary N) is 2. The molecule has 0 saturated carbocycles. The van der Waals surface area contributed by atoms with E-state index in [0.29, 0.717) is 17.8 Å². The molecule has 1 fully saturated rings. The Morgan fingerprint density at radius 2 is 2.10 bits per heavy atom. The van der Waals surface area contributed by atoms with Crippen LogP contribution in [0.1, 0.15) is 26.5 Å². The van der Waals surface area contributed by atoms with E-state index in [-0.39, 0.29) is 28.8 Å². The number of thiazole rings is 1. The number of aromatic nitrogens is 3. The first kappa shape index (κ1) is 21.4. The molecule has 0 bridgehead atoms. The number of carbonyl (C=O) groups is 1. The van der Waals surface area contributed by atoms with Crippen LogP contribution >= 0.6 is 11.3 Å². The minimum atomic E-state index is -1.53. The first-order chi connectivity index (χ1) is 13.6. The average Bonchev–Trinajstić information content (AvgIpc) is 3.15. The predicted octanol–water partition coefficient (Wildman–Crippen LogP) is -1.74. The second kappa shape index (κ2) is 8.20. The number of fused-ring (bicyclic) bond motifs is 1. The SMILES string of the molecule is CC[C@H](C)[C@H](N)C(=O)OC[C@H]1O[C@@H](n2c(=O)sc3c(=O)[nH]c(N)nc32)[C@H](O)[C@@H]1O. The molecule has 29 heavy (non-hydrogen) atoms. The fourth-order valence-electron chi connectivity index (χ4n) is 3.00. The van der Waals surface area contributed by atoms with Crippen molar-refractivity contribution in [3.63, 3.8) is 0 Å². The number of hydrogen-bond acceptors (Lipinski definition) is 11. The van der Waals surface area contributed by atoms with E-state index in [1.54, 1.807) is 6.92 Å². The predicted molar refractivity (Wildman–Crippen MR) is 103 cm³/mol. The first-order valence-electron chi connectivity index (χ1n) is 9.00. The van der Waals surface area contributed by atoms with Crippen LogP contribution in [0.5, 0.6) is 0 Å². The average molecular weight is 429 g/mol. The quantitative estimate of drug-likeness (QED) is 0.329. The van der Waals surface area contributed by atoms with Crippen LogP contribution in [0.25, 0.3) is 10.3 Å². The van der Waals surface area contributed by atoms with Gasteiger partial charge in [-0.25, -0.2) is 0 Å². The lowest BCUT2D eigenvalue weighted by atomic mass is 10.0. The van der Waals surface area contributed by atoms with Gasteiger partial charge in [0.05, 0.1) is 0 Å². The van der Waals surface area contributed by atoms with Gasteiger partial charge in [-0.3, -0.25) is 23.9 Å². The van der Waals surface area contributed by atoms with Crippen molar-refractivity contribution < 1.29 is 24.5 Å². The lowest BCUT2D eigenvalue weighted by Crippen LogP contribution is -2.40. The van der Waals surface area contributed by atoms with Crippen molar-refractivity contribution in [3.8, 4) is 0 Å². The van der Waals surface area contributed by atoms with Gasteiger partial charge in [-0.2, -0.15) is 4.98 Å². The van der Waals surface area contributed by atoms with Gasteiger partial charge in [0.1, 0.15) is 35.7 Å². The molecular weight excluding hydrogens is 406 g/mol. The van der Waals surface area contributed by atoms with Gasteiger partial charge in [0.25, 0.3) is 5.56 Å². The van der Waals surface area contributed by atoms with Crippen molar-refractivity contribution in [2.45, 2.75) is 50.8 Å². The highest BCUT2D eigenvalue weighted by Crippen LogP contribution is 2.31. The maximum Gasteiger partial charge on any atom is 0.323 e. The lowest BCUT2D eigenvalue weighted by Gasteiger charge is -2.19. The summed E-state index contributed by atoms with van der Waals surface area (Å²) >= 11 is 0.604. The van der Waals surface area contributed by atoms with Gasteiger partial charge in [-0.1, -0.05) is 31.6 Å². The van der Waals surface area contributed by atoms with Crippen molar-refractivity contribution >= 4 is 33.6 Å². The number of esters is 1. The van der Waals surface area contributed by atoms with Crippen LogP contribution in [0, 0.1) is 5.92 Å². The van der Waals surface area contributed by atoms with E-state index in [9.17, 15) is 24.6 Å². The highest BCUT2D eigenvalue weighted by molar-refractivity contribution is 7.16. The molecule has 0 aromatic carbocycles. The van der Waals surface area contributed by atoms with E-state index in [1.165, 1.54) is 0 Å². The Kier molecular flexibility index (Phi) is 6.05. The minimum absolute atomic E-state index is 0.00361. The topological polar surface area (TPSA) is 196 Å². The molecule has 0 amide bonds. The fraction of sp³-hybridized carbons (Fsp3) is 0.625. The molecule has 0 radical (unpaired) electrons. The molecule has 2 aromatic heterocycles. The monoisotopic (exact) mass is 429 g/mol. The Balaban J connectivity index is 1.81. The molecule has 2 aromatic rings. The van der Waals surface area contributed by atoms with Crippen molar-refractivity contribution in [1.29, 1.82) is 0 Å². The first-order valence-corrected chi connectivity index (χ1v) is 9.82. The molecule has 3 heterocycles. The molecule has 3 rings (SSSR count). The molecule has 12 nitrogen and oxygen atoms in total. The number of aromatic amines is 1. The summed E-state index contributed by atoms with van der Waals surface area (Å²) in [5.41, 5.74) is 10.7. The Morgan fingerprint density at radius 1 is 1.41 bits per heavy atom. The number of nitrogens with one attached hydrogen (secondary N) is 1. The van der Waals surface area contributed by atoms with Crippen LogP contribution in [0.2, 0.25) is 0 Å². The number of aliphatic hydroxyl groups is 2. The van der Waals surface area contributed by atoms with Crippen molar-refractivity contribution in [2.24, 2.45) is 11.7 Å². The third-order valence-electron chi connectivity index (χ3n) is 5.00. The Hall–Kier alpha value is -2.32. The molecule has 0 aliphatic carbocycles. The number of H-pyrrole nitrogens is 1. The fourth-order valence-corrected chi connectivity index (χ4v) is 3.84. The number of ether oxygens (including phenoxy) is 2.